The Bertz CT molecular complexity index is 360. The van der Waals surface area contributed by atoms with Crippen molar-refractivity contribution in [1.29, 1.82) is 0 Å². The summed E-state index contributed by atoms with van der Waals surface area (Å²) in [4.78, 5) is 0. The van der Waals surface area contributed by atoms with E-state index in [-0.39, 0.29) is 6.10 Å². The Morgan fingerprint density at radius 3 is 2.35 bits per heavy atom. The number of allylic oxidation sites excluding steroid dienone is 1. The molecule has 4 rings (SSSR count). The van der Waals surface area contributed by atoms with Crippen LogP contribution in [0, 0.1) is 17.8 Å². The fraction of sp³-hybridized carbons (Fsp3) is 0.857. The van der Waals surface area contributed by atoms with E-state index in [0.29, 0.717) is 17.1 Å². The van der Waals surface area contributed by atoms with Crippen LogP contribution < -0.4 is 0 Å². The van der Waals surface area contributed by atoms with Crippen LogP contribution >= 0.6 is 0 Å². The van der Waals surface area contributed by atoms with E-state index >= 15 is 0 Å². The van der Waals surface area contributed by atoms with E-state index in [0.717, 1.165) is 11.8 Å². The summed E-state index contributed by atoms with van der Waals surface area (Å²) >= 11 is 0. The largest absolute Gasteiger partial charge is 0.381 e. The van der Waals surface area contributed by atoms with Crippen molar-refractivity contribution in [2.24, 2.45) is 17.8 Å². The highest BCUT2D eigenvalue weighted by atomic mass is 28.3. The van der Waals surface area contributed by atoms with Gasteiger partial charge >= 0.3 is 0 Å². The molecule has 17 heavy (non-hydrogen) atoms. The van der Waals surface area contributed by atoms with Crippen molar-refractivity contribution in [3.63, 3.8) is 0 Å². The second-order valence-corrected chi connectivity index (χ2v) is 12.3. The maximum atomic E-state index is 5.96. The number of ether oxygens (including phenoxy) is 2. The van der Waals surface area contributed by atoms with E-state index in [4.69, 9.17) is 9.47 Å². The number of methoxy groups -OCH3 is 2. The van der Waals surface area contributed by atoms with E-state index in [1.807, 2.05) is 14.2 Å². The molecule has 0 heterocycles. The molecule has 2 fully saturated rings. The predicted octanol–water partition coefficient (Wildman–Crippen LogP) is 2.93. The Hall–Kier alpha value is -0.123. The Labute approximate surface area is 105 Å². The van der Waals surface area contributed by atoms with Gasteiger partial charge in [-0.25, -0.2) is 0 Å². The van der Waals surface area contributed by atoms with Gasteiger partial charge in [0, 0.05) is 25.2 Å². The van der Waals surface area contributed by atoms with Gasteiger partial charge < -0.3 is 9.47 Å². The standard InChI is InChI=1S/C14H24O2Si/c1-15-12-7-6-10-11-8-9(12)13(16-2)14(10,11)17(3,4)5/h6-7,9-13H,8H2,1-5H3/t9-,10-,11-,12+,13-,14-/m0/s1. The zero-order valence-electron chi connectivity index (χ0n) is 11.6. The van der Waals surface area contributed by atoms with Crippen molar-refractivity contribution in [3.8, 4) is 0 Å². The van der Waals surface area contributed by atoms with Crippen LogP contribution in [0.2, 0.25) is 24.7 Å². The summed E-state index contributed by atoms with van der Waals surface area (Å²) in [6, 6.07) is 0. The van der Waals surface area contributed by atoms with Crippen LogP contribution in [0.15, 0.2) is 12.2 Å². The molecular formula is C14H24O2Si. The molecule has 4 aliphatic carbocycles. The van der Waals surface area contributed by atoms with Crippen LogP contribution in [0.3, 0.4) is 0 Å². The van der Waals surface area contributed by atoms with Crippen LogP contribution in [0.4, 0.5) is 0 Å². The van der Waals surface area contributed by atoms with Crippen LogP contribution in [0.1, 0.15) is 6.42 Å². The maximum absolute atomic E-state index is 5.96. The fourth-order valence-corrected chi connectivity index (χ4v) is 8.91. The predicted molar refractivity (Wildman–Crippen MR) is 71.9 cm³/mol. The van der Waals surface area contributed by atoms with E-state index in [9.17, 15) is 0 Å². The summed E-state index contributed by atoms with van der Waals surface area (Å²) in [5.41, 5.74) is 0. The summed E-state index contributed by atoms with van der Waals surface area (Å²) in [6.45, 7) is 7.53. The third-order valence-corrected chi connectivity index (χ3v) is 9.22. The molecule has 0 saturated heterocycles. The normalized spacial score (nSPS) is 51.5. The van der Waals surface area contributed by atoms with Gasteiger partial charge in [-0.3, -0.25) is 0 Å². The monoisotopic (exact) mass is 252 g/mol. The van der Waals surface area contributed by atoms with E-state index < -0.39 is 8.07 Å². The molecule has 0 aromatic carbocycles. The molecule has 0 aromatic rings. The van der Waals surface area contributed by atoms with Crippen molar-refractivity contribution in [1.82, 2.24) is 0 Å². The molecule has 0 aliphatic heterocycles. The molecule has 0 aromatic heterocycles. The minimum atomic E-state index is -1.22. The van der Waals surface area contributed by atoms with Gasteiger partial charge in [-0.05, 0) is 18.3 Å². The summed E-state index contributed by atoms with van der Waals surface area (Å²) in [7, 11) is 2.51. The number of hydrogen-bond acceptors (Lipinski definition) is 2. The molecule has 4 bridgehead atoms. The highest BCUT2D eigenvalue weighted by Gasteiger charge is 2.78. The smallest absolute Gasteiger partial charge is 0.0805 e. The lowest BCUT2D eigenvalue weighted by Gasteiger charge is -2.37. The molecule has 6 atom stereocenters. The van der Waals surface area contributed by atoms with Crippen LogP contribution in [-0.2, 0) is 9.47 Å². The Morgan fingerprint density at radius 1 is 1.12 bits per heavy atom. The molecule has 2 saturated carbocycles. The first-order valence-electron chi connectivity index (χ1n) is 6.72. The van der Waals surface area contributed by atoms with Crippen LogP contribution in [-0.4, -0.2) is 34.5 Å². The lowest BCUT2D eigenvalue weighted by Crippen LogP contribution is -2.43. The summed E-state index contributed by atoms with van der Waals surface area (Å²) in [6.07, 6.45) is 6.74. The van der Waals surface area contributed by atoms with Gasteiger partial charge in [0.2, 0.25) is 0 Å². The minimum Gasteiger partial charge on any atom is -0.381 e. The van der Waals surface area contributed by atoms with Crippen LogP contribution in [0.5, 0.6) is 0 Å². The molecule has 0 N–H and O–H groups in total. The zero-order valence-corrected chi connectivity index (χ0v) is 12.6. The van der Waals surface area contributed by atoms with Gasteiger partial charge in [0.25, 0.3) is 0 Å². The lowest BCUT2D eigenvalue weighted by molar-refractivity contribution is -0.00793. The topological polar surface area (TPSA) is 18.5 Å². The number of hydrogen-bond donors (Lipinski definition) is 0. The van der Waals surface area contributed by atoms with Crippen molar-refractivity contribution in [3.05, 3.63) is 12.2 Å². The van der Waals surface area contributed by atoms with Gasteiger partial charge in [0.1, 0.15) is 0 Å². The minimum absolute atomic E-state index is 0.271. The first-order valence-corrected chi connectivity index (χ1v) is 10.2. The highest BCUT2D eigenvalue weighted by molar-refractivity contribution is 6.80. The lowest BCUT2D eigenvalue weighted by atomic mass is 9.95. The van der Waals surface area contributed by atoms with Crippen molar-refractivity contribution >= 4 is 8.07 Å². The summed E-state index contributed by atoms with van der Waals surface area (Å²) in [5.74, 6) is 2.23. The first-order chi connectivity index (χ1) is 7.98. The van der Waals surface area contributed by atoms with E-state index in [1.165, 1.54) is 6.42 Å². The fourth-order valence-electron chi connectivity index (χ4n) is 5.10. The quantitative estimate of drug-likeness (QED) is 0.568. The summed E-state index contributed by atoms with van der Waals surface area (Å²) in [5, 5.41) is 0.496. The Balaban J connectivity index is 2.03. The second-order valence-electron chi connectivity index (χ2n) is 6.96. The molecule has 0 unspecified atom stereocenters. The molecule has 0 amide bonds. The molecule has 4 aliphatic rings. The van der Waals surface area contributed by atoms with Crippen molar-refractivity contribution < 1.29 is 9.47 Å². The van der Waals surface area contributed by atoms with E-state index in [2.05, 4.69) is 31.8 Å². The number of rotatable bonds is 3. The highest BCUT2D eigenvalue weighted by Crippen LogP contribution is 2.81. The van der Waals surface area contributed by atoms with Crippen LogP contribution in [0.25, 0.3) is 0 Å². The average molecular weight is 252 g/mol. The third kappa shape index (κ3) is 1.23. The first kappa shape index (κ1) is 11.9. The maximum Gasteiger partial charge on any atom is 0.0805 e. The molecule has 0 radical (unpaired) electrons. The molecular weight excluding hydrogens is 228 g/mol. The third-order valence-electron chi connectivity index (χ3n) is 5.63. The van der Waals surface area contributed by atoms with Gasteiger partial charge in [-0.2, -0.15) is 0 Å². The van der Waals surface area contributed by atoms with Crippen molar-refractivity contribution in [2.75, 3.05) is 14.2 Å². The Morgan fingerprint density at radius 2 is 1.82 bits per heavy atom. The van der Waals surface area contributed by atoms with E-state index in [1.54, 1.807) is 0 Å². The van der Waals surface area contributed by atoms with Gasteiger partial charge in [0.05, 0.1) is 20.3 Å². The van der Waals surface area contributed by atoms with Gasteiger partial charge in [-0.15, -0.1) is 0 Å². The zero-order chi connectivity index (χ0) is 12.4. The number of fused-ring (bicyclic) bond motifs is 1. The second kappa shape index (κ2) is 3.46. The molecule has 3 heteroatoms. The summed E-state index contributed by atoms with van der Waals surface area (Å²) < 4.78 is 11.6. The van der Waals surface area contributed by atoms with Crippen molar-refractivity contribution in [2.45, 2.75) is 43.3 Å². The SMILES string of the molecule is CO[C@@H]1C=C[C@H]2[C@@H]3C[C@@H]1[C@H](OC)[C@]23[Si](C)(C)C. The molecule has 96 valence electrons. The Kier molecular flexibility index (Phi) is 2.43. The molecule has 2 nitrogen and oxygen atoms in total. The average Bonchev–Trinajstić information content (AvgIpc) is 2.84. The van der Waals surface area contributed by atoms with Gasteiger partial charge in [0.15, 0.2) is 0 Å². The van der Waals surface area contributed by atoms with Gasteiger partial charge in [-0.1, -0.05) is 31.8 Å². The molecule has 0 spiro atoms.